The van der Waals surface area contributed by atoms with Gasteiger partial charge >= 0.3 is 20.5 Å². The molecule has 0 aliphatic heterocycles. The molecule has 0 radical (unpaired) electrons. The Morgan fingerprint density at radius 1 is 0.390 bits per heavy atom. The smallest absolute Gasteiger partial charge is 0.329 e. The van der Waals surface area contributed by atoms with Crippen molar-refractivity contribution in [2.24, 2.45) is 11.8 Å². The fourth-order valence-electron chi connectivity index (χ4n) is 9.76. The van der Waals surface area contributed by atoms with E-state index in [0.717, 1.165) is 72.6 Å². The van der Waals surface area contributed by atoms with Gasteiger partial charge in [-0.25, -0.2) is 0 Å². The van der Waals surface area contributed by atoms with E-state index in [1.54, 1.807) is 0 Å². The third-order valence-electron chi connectivity index (χ3n) is 14.7. The summed E-state index contributed by atoms with van der Waals surface area (Å²) >= 11 is 12.5. The van der Waals surface area contributed by atoms with Gasteiger partial charge in [-0.1, -0.05) is 192 Å². The van der Waals surface area contributed by atoms with Gasteiger partial charge in [0.1, 0.15) is 33.8 Å². The largest absolute Gasteiger partial charge is 0.494 e. The van der Waals surface area contributed by atoms with Crippen LogP contribution < -0.4 is 18.9 Å². The molecule has 0 bridgehead atoms. The average molecular weight is 1150 g/mol. The van der Waals surface area contributed by atoms with Crippen molar-refractivity contribution in [3.8, 4) is 45.3 Å². The van der Waals surface area contributed by atoms with Crippen molar-refractivity contribution in [3.05, 3.63) is 97.1 Å². The normalized spacial score (nSPS) is 13.7. The Hall–Kier alpha value is -3.43. The Morgan fingerprint density at radius 2 is 0.636 bits per heavy atom. The Bertz CT molecular complexity index is 2080. The number of halogens is 2. The molecule has 0 aliphatic rings. The summed E-state index contributed by atoms with van der Waals surface area (Å²) in [6, 6.07) is 33.9. The predicted molar refractivity (Wildman–Crippen MR) is 332 cm³/mol. The second kappa shape index (κ2) is 35.3. The van der Waals surface area contributed by atoms with Crippen LogP contribution in [0.5, 0.6) is 23.0 Å². The van der Waals surface area contributed by atoms with E-state index in [1.807, 2.05) is 100 Å². The Labute approximate surface area is 479 Å². The molecule has 0 fully saturated rings. The molecule has 4 aromatic carbocycles. The van der Waals surface area contributed by atoms with Crippen molar-refractivity contribution in [1.29, 1.82) is 0 Å². The molecular formula is C64H98Cl2O8Si3. The summed E-state index contributed by atoms with van der Waals surface area (Å²) in [6.45, 7) is 23.6. The van der Waals surface area contributed by atoms with E-state index in [2.05, 4.69) is 63.5 Å². The molecule has 0 aliphatic carbocycles. The summed E-state index contributed by atoms with van der Waals surface area (Å²) < 4.78 is 37.0. The quantitative estimate of drug-likeness (QED) is 0.0143. The number of hydrogen-bond donors (Lipinski definition) is 0. The number of ether oxygens (including phenoxy) is 4. The highest BCUT2D eigenvalue weighted by molar-refractivity contribution is 6.87. The van der Waals surface area contributed by atoms with Gasteiger partial charge in [0.25, 0.3) is 0 Å². The van der Waals surface area contributed by atoms with E-state index in [-0.39, 0.29) is 11.8 Å². The number of esters is 2. The summed E-state index contributed by atoms with van der Waals surface area (Å²) in [5.74, 6) is 2.11. The van der Waals surface area contributed by atoms with Crippen molar-refractivity contribution in [1.82, 2.24) is 0 Å². The van der Waals surface area contributed by atoms with Gasteiger partial charge in [0, 0.05) is 0 Å². The lowest BCUT2D eigenvalue weighted by Crippen LogP contribution is -2.52. The van der Waals surface area contributed by atoms with Crippen LogP contribution in [-0.4, -0.2) is 61.1 Å². The maximum absolute atomic E-state index is 12.3. The van der Waals surface area contributed by atoms with Crippen LogP contribution in [0.2, 0.25) is 51.4 Å². The molecule has 428 valence electrons. The predicted octanol–water partition coefficient (Wildman–Crippen LogP) is 19.8. The Balaban J connectivity index is 0.935. The number of rotatable bonds is 40. The van der Waals surface area contributed by atoms with Gasteiger partial charge in [-0.3, -0.25) is 9.59 Å². The van der Waals surface area contributed by atoms with Crippen molar-refractivity contribution < 1.29 is 36.8 Å². The summed E-state index contributed by atoms with van der Waals surface area (Å²) in [5, 5.41) is -1.29. The second-order valence-corrected chi connectivity index (χ2v) is 36.6. The first-order valence-corrected chi connectivity index (χ1v) is 39.5. The van der Waals surface area contributed by atoms with Crippen LogP contribution in [0.3, 0.4) is 0 Å². The molecule has 0 aromatic heterocycles. The minimum absolute atomic E-state index is 0.0646. The average Bonchev–Trinajstić information content (AvgIpc) is 3.40. The third-order valence-corrected chi connectivity index (χ3v) is 27.4. The number of benzene rings is 4. The van der Waals surface area contributed by atoms with Crippen LogP contribution in [0.25, 0.3) is 22.3 Å². The summed E-state index contributed by atoms with van der Waals surface area (Å²) in [5.41, 5.74) is 4.27. The molecule has 4 unspecified atom stereocenters. The molecule has 4 aromatic rings. The minimum atomic E-state index is -2.19. The van der Waals surface area contributed by atoms with Gasteiger partial charge in [0.15, 0.2) is 16.6 Å². The third kappa shape index (κ3) is 26.6. The van der Waals surface area contributed by atoms with Crippen LogP contribution >= 0.6 is 23.2 Å². The molecule has 4 atom stereocenters. The first-order valence-electron chi connectivity index (χ1n) is 29.6. The van der Waals surface area contributed by atoms with E-state index in [4.69, 9.17) is 50.4 Å². The van der Waals surface area contributed by atoms with Crippen molar-refractivity contribution in [2.45, 2.75) is 218 Å². The fraction of sp³-hybridized carbons (Fsp3) is 0.594. The van der Waals surface area contributed by atoms with Gasteiger partial charge in [-0.15, -0.1) is 23.2 Å². The summed E-state index contributed by atoms with van der Waals surface area (Å²) in [4.78, 5) is 24.7. The monoisotopic (exact) mass is 1150 g/mol. The number of unbranched alkanes of at least 4 members (excludes halogenated alkanes) is 16. The van der Waals surface area contributed by atoms with E-state index in [0.29, 0.717) is 11.5 Å². The molecule has 0 N–H and O–H groups in total. The first-order chi connectivity index (χ1) is 36.8. The molecule has 0 saturated carbocycles. The molecule has 13 heteroatoms. The van der Waals surface area contributed by atoms with Crippen molar-refractivity contribution in [3.63, 3.8) is 0 Å². The maximum atomic E-state index is 12.3. The summed E-state index contributed by atoms with van der Waals surface area (Å²) in [6.07, 6.45) is 24.4. The van der Waals surface area contributed by atoms with Crippen LogP contribution in [0.15, 0.2) is 97.1 Å². The highest BCUT2D eigenvalue weighted by atomic mass is 35.5. The molecule has 0 amide bonds. The van der Waals surface area contributed by atoms with Crippen LogP contribution in [-0.2, 0) is 17.8 Å². The zero-order valence-electron chi connectivity index (χ0n) is 49.0. The van der Waals surface area contributed by atoms with Gasteiger partial charge in [0.05, 0.1) is 13.2 Å². The lowest BCUT2D eigenvalue weighted by molar-refractivity contribution is -0.135. The van der Waals surface area contributed by atoms with Crippen LogP contribution in [0.1, 0.15) is 156 Å². The number of carbonyl (C=O) groups is 2. The highest BCUT2D eigenvalue weighted by Gasteiger charge is 2.39. The molecule has 77 heavy (non-hydrogen) atoms. The number of carbonyl (C=O) groups excluding carboxylic acids is 2. The Kier molecular flexibility index (Phi) is 30.3. The van der Waals surface area contributed by atoms with Crippen molar-refractivity contribution >= 4 is 60.3 Å². The maximum Gasteiger partial charge on any atom is 0.329 e. The van der Waals surface area contributed by atoms with Gasteiger partial charge in [-0.05, 0) is 147 Å². The highest BCUT2D eigenvalue weighted by Crippen LogP contribution is 2.30. The molecule has 0 saturated heterocycles. The van der Waals surface area contributed by atoms with E-state index in [1.165, 1.54) is 115 Å². The molecule has 8 nitrogen and oxygen atoms in total. The fourth-order valence-corrected chi connectivity index (χ4v) is 24.4. The minimum Gasteiger partial charge on any atom is -0.494 e. The zero-order chi connectivity index (χ0) is 56.1. The molecule has 0 heterocycles. The van der Waals surface area contributed by atoms with Gasteiger partial charge < -0.3 is 27.2 Å². The molecule has 0 spiro atoms. The molecule has 4 rings (SSSR count). The SMILES string of the molecule is CCC(C)C(Cl)C(=O)Oc1ccc(-c2ccc(OCCCCCCCCCCC[Si](C)(C)O[Si](C)(C)O[Si](C)(C)CCCCCCCCCCCOc3ccc(-c4ccc(OC(=O)C(Cl)C(C)CC)cc4)cc3)cc2)cc1. The molecular weight excluding hydrogens is 1050 g/mol. The summed E-state index contributed by atoms with van der Waals surface area (Å²) in [7, 11) is -5.76. The Morgan fingerprint density at radius 3 is 0.909 bits per heavy atom. The first kappa shape index (κ1) is 66.1. The van der Waals surface area contributed by atoms with Crippen molar-refractivity contribution in [2.75, 3.05) is 13.2 Å². The number of alkyl halides is 2. The van der Waals surface area contributed by atoms with Gasteiger partial charge in [-0.2, -0.15) is 0 Å². The van der Waals surface area contributed by atoms with Crippen LogP contribution in [0.4, 0.5) is 0 Å². The topological polar surface area (TPSA) is 89.5 Å². The second-order valence-electron chi connectivity index (χ2n) is 23.2. The lowest BCUT2D eigenvalue weighted by Gasteiger charge is -2.39. The number of hydrogen-bond acceptors (Lipinski definition) is 8. The van der Waals surface area contributed by atoms with E-state index >= 15 is 0 Å². The van der Waals surface area contributed by atoms with Gasteiger partial charge in [0.2, 0.25) is 0 Å². The standard InChI is InChI=1S/C64H98Cl2O8Si3/c1-11-51(3)61(65)63(67)71-59-43-35-55(36-44-59)53-31-39-57(40-32-53)69-47-27-23-19-15-13-17-21-25-29-49-75(5,6)73-77(9,10)74-76(7,8)50-30-26-22-18-14-16-20-24-28-48-70-58-41-33-54(34-42-58)56-37-45-60(46-38-56)72-64(68)62(66)52(4)12-2/h31-46,51-52,61-62H,11-30,47-50H2,1-10H3. The lowest BCUT2D eigenvalue weighted by atomic mass is 10.0. The van der Waals surface area contributed by atoms with Crippen LogP contribution in [0, 0.1) is 11.8 Å². The van der Waals surface area contributed by atoms with E-state index in [9.17, 15) is 9.59 Å². The zero-order valence-corrected chi connectivity index (χ0v) is 53.6. The van der Waals surface area contributed by atoms with E-state index < -0.39 is 47.9 Å².